The van der Waals surface area contributed by atoms with Gasteiger partial charge in [0.25, 0.3) is 0 Å². The van der Waals surface area contributed by atoms with Gasteiger partial charge >= 0.3 is 0 Å². The highest BCUT2D eigenvalue weighted by Crippen LogP contribution is 2.35. The highest BCUT2D eigenvalue weighted by atomic mass is 32.1. The lowest BCUT2D eigenvalue weighted by molar-refractivity contribution is 0.585. The molecule has 108 valence electrons. The number of hydrogen-bond donors (Lipinski definition) is 1. The lowest BCUT2D eigenvalue weighted by Gasteiger charge is -2.07. The maximum Gasteiger partial charge on any atom is 0.166 e. The Balaban J connectivity index is 2.29. The number of nitrogens with zero attached hydrogens (tertiary/aromatic N) is 2. The fourth-order valence-electron chi connectivity index (χ4n) is 2.22. The molecule has 3 nitrogen and oxygen atoms in total. The Labute approximate surface area is 124 Å². The molecule has 0 atom stereocenters. The summed E-state index contributed by atoms with van der Waals surface area (Å²) >= 11 is 1.54. The highest BCUT2D eigenvalue weighted by Gasteiger charge is 2.16. The molecule has 0 saturated carbocycles. The Morgan fingerprint density at radius 1 is 1.14 bits per heavy atom. The molecule has 1 N–H and O–H groups in total. The summed E-state index contributed by atoms with van der Waals surface area (Å²) in [6, 6.07) is 3.40. The summed E-state index contributed by atoms with van der Waals surface area (Å²) in [6.07, 6.45) is 0. The molecular weight excluding hydrogens is 292 g/mol. The Bertz CT molecular complexity index is 843. The first-order valence-electron chi connectivity index (χ1n) is 6.42. The minimum atomic E-state index is -0.665. The average molecular weight is 305 g/mol. The minimum Gasteiger partial charge on any atom is -0.372 e. The topological polar surface area (TPSA) is 37.8 Å². The van der Waals surface area contributed by atoms with E-state index >= 15 is 0 Å². The van der Waals surface area contributed by atoms with Crippen LogP contribution in [0.25, 0.3) is 21.6 Å². The standard InChI is InChI=1S/C15H13F2N3S/c1-7-8(2)21-15-12(7)14(18-3)19-13(20-15)10-5-4-9(16)6-11(10)17/h4-6H,1-3H3,(H,18,19,20). The fourth-order valence-corrected chi connectivity index (χ4v) is 3.25. The number of hydrogen-bond acceptors (Lipinski definition) is 4. The van der Waals surface area contributed by atoms with Crippen LogP contribution in [-0.2, 0) is 0 Å². The van der Waals surface area contributed by atoms with Gasteiger partial charge in [-0.05, 0) is 31.5 Å². The van der Waals surface area contributed by atoms with Gasteiger partial charge in [-0.1, -0.05) is 0 Å². The zero-order valence-corrected chi connectivity index (χ0v) is 12.6. The number of aromatic nitrogens is 2. The summed E-state index contributed by atoms with van der Waals surface area (Å²) in [7, 11) is 1.76. The number of aryl methyl sites for hydroxylation is 2. The summed E-state index contributed by atoms with van der Waals surface area (Å²) in [5.74, 6) is -0.374. The number of rotatable bonds is 2. The van der Waals surface area contributed by atoms with Gasteiger partial charge in [-0.15, -0.1) is 11.3 Å². The second-order valence-electron chi connectivity index (χ2n) is 4.73. The van der Waals surface area contributed by atoms with Crippen LogP contribution in [-0.4, -0.2) is 17.0 Å². The van der Waals surface area contributed by atoms with Crippen molar-refractivity contribution in [1.29, 1.82) is 0 Å². The number of thiophene rings is 1. The molecule has 0 fully saturated rings. The molecule has 2 aromatic heterocycles. The molecular formula is C15H13F2N3S. The van der Waals surface area contributed by atoms with Gasteiger partial charge in [-0.2, -0.15) is 0 Å². The van der Waals surface area contributed by atoms with Crippen molar-refractivity contribution in [2.75, 3.05) is 12.4 Å². The lowest BCUT2D eigenvalue weighted by Crippen LogP contribution is -1.99. The van der Waals surface area contributed by atoms with Crippen molar-refractivity contribution in [2.45, 2.75) is 13.8 Å². The molecule has 0 unspecified atom stereocenters. The van der Waals surface area contributed by atoms with Crippen LogP contribution < -0.4 is 5.32 Å². The SMILES string of the molecule is CNc1nc(-c2ccc(F)cc2F)nc2sc(C)c(C)c12. The largest absolute Gasteiger partial charge is 0.372 e. The van der Waals surface area contributed by atoms with E-state index in [-0.39, 0.29) is 11.4 Å². The predicted molar refractivity (Wildman–Crippen MR) is 81.8 cm³/mol. The van der Waals surface area contributed by atoms with E-state index in [2.05, 4.69) is 15.3 Å². The maximum atomic E-state index is 13.9. The summed E-state index contributed by atoms with van der Waals surface area (Å²) in [5, 5.41) is 3.97. The van der Waals surface area contributed by atoms with Crippen LogP contribution in [0.2, 0.25) is 0 Å². The van der Waals surface area contributed by atoms with Crippen molar-refractivity contribution in [1.82, 2.24) is 9.97 Å². The second-order valence-corrected chi connectivity index (χ2v) is 5.94. The van der Waals surface area contributed by atoms with E-state index in [1.54, 1.807) is 7.05 Å². The van der Waals surface area contributed by atoms with E-state index in [0.717, 1.165) is 26.7 Å². The van der Waals surface area contributed by atoms with Crippen LogP contribution in [0.1, 0.15) is 10.4 Å². The number of benzene rings is 1. The number of anilines is 1. The first-order valence-corrected chi connectivity index (χ1v) is 7.24. The van der Waals surface area contributed by atoms with Gasteiger partial charge in [0.1, 0.15) is 22.3 Å². The minimum absolute atomic E-state index is 0.193. The van der Waals surface area contributed by atoms with Crippen LogP contribution in [0, 0.1) is 25.5 Å². The molecule has 0 amide bonds. The molecule has 1 aromatic carbocycles. The van der Waals surface area contributed by atoms with Gasteiger partial charge in [0.05, 0.1) is 10.9 Å². The molecule has 0 bridgehead atoms. The molecule has 0 saturated heterocycles. The van der Waals surface area contributed by atoms with E-state index in [9.17, 15) is 8.78 Å². The third-order valence-corrected chi connectivity index (χ3v) is 4.54. The van der Waals surface area contributed by atoms with Crippen molar-refractivity contribution in [3.8, 4) is 11.4 Å². The lowest BCUT2D eigenvalue weighted by atomic mass is 10.1. The molecule has 0 aliphatic heterocycles. The Morgan fingerprint density at radius 2 is 1.90 bits per heavy atom. The summed E-state index contributed by atoms with van der Waals surface area (Å²) in [5.41, 5.74) is 1.31. The van der Waals surface area contributed by atoms with E-state index in [1.807, 2.05) is 13.8 Å². The summed E-state index contributed by atoms with van der Waals surface area (Å²) < 4.78 is 26.9. The van der Waals surface area contributed by atoms with Gasteiger partial charge < -0.3 is 5.32 Å². The Kier molecular flexibility index (Phi) is 3.33. The summed E-state index contributed by atoms with van der Waals surface area (Å²) in [6.45, 7) is 4.02. The molecule has 0 radical (unpaired) electrons. The first-order chi connectivity index (χ1) is 10.0. The fraction of sp³-hybridized carbons (Fsp3) is 0.200. The zero-order chi connectivity index (χ0) is 15.1. The van der Waals surface area contributed by atoms with Crippen molar-refractivity contribution in [3.05, 3.63) is 40.3 Å². The molecule has 2 heterocycles. The molecule has 3 aromatic rings. The Hall–Kier alpha value is -2.08. The average Bonchev–Trinajstić information content (AvgIpc) is 2.73. The third kappa shape index (κ3) is 2.25. The second kappa shape index (κ2) is 5.04. The van der Waals surface area contributed by atoms with Crippen LogP contribution in [0.5, 0.6) is 0 Å². The molecule has 0 spiro atoms. The van der Waals surface area contributed by atoms with Crippen LogP contribution in [0.3, 0.4) is 0 Å². The van der Waals surface area contributed by atoms with Crippen LogP contribution in [0.15, 0.2) is 18.2 Å². The van der Waals surface area contributed by atoms with Crippen molar-refractivity contribution >= 4 is 27.4 Å². The number of nitrogens with one attached hydrogen (secondary N) is 1. The van der Waals surface area contributed by atoms with Gasteiger partial charge in [0.2, 0.25) is 0 Å². The highest BCUT2D eigenvalue weighted by molar-refractivity contribution is 7.18. The van der Waals surface area contributed by atoms with Gasteiger partial charge in [0, 0.05) is 18.0 Å². The van der Waals surface area contributed by atoms with Crippen molar-refractivity contribution < 1.29 is 8.78 Å². The zero-order valence-electron chi connectivity index (χ0n) is 11.8. The number of fused-ring (bicyclic) bond motifs is 1. The smallest absolute Gasteiger partial charge is 0.166 e. The first kappa shape index (κ1) is 13.9. The van der Waals surface area contributed by atoms with Crippen molar-refractivity contribution in [3.63, 3.8) is 0 Å². The van der Waals surface area contributed by atoms with Crippen LogP contribution in [0.4, 0.5) is 14.6 Å². The van der Waals surface area contributed by atoms with E-state index in [4.69, 9.17) is 0 Å². The molecule has 6 heteroatoms. The van der Waals surface area contributed by atoms with Crippen LogP contribution >= 0.6 is 11.3 Å². The molecule has 0 aliphatic rings. The third-order valence-electron chi connectivity index (χ3n) is 3.44. The molecule has 3 rings (SSSR count). The van der Waals surface area contributed by atoms with Gasteiger partial charge in [-0.25, -0.2) is 18.7 Å². The van der Waals surface area contributed by atoms with E-state index in [0.29, 0.717) is 5.82 Å². The van der Waals surface area contributed by atoms with E-state index in [1.165, 1.54) is 23.5 Å². The van der Waals surface area contributed by atoms with Crippen molar-refractivity contribution in [2.24, 2.45) is 0 Å². The summed E-state index contributed by atoms with van der Waals surface area (Å²) in [4.78, 5) is 10.7. The Morgan fingerprint density at radius 3 is 2.57 bits per heavy atom. The molecule has 0 aliphatic carbocycles. The molecule has 21 heavy (non-hydrogen) atoms. The van der Waals surface area contributed by atoms with E-state index < -0.39 is 11.6 Å². The predicted octanol–water partition coefficient (Wildman–Crippen LogP) is 4.30. The maximum absolute atomic E-state index is 13.9. The van der Waals surface area contributed by atoms with Gasteiger partial charge in [-0.3, -0.25) is 0 Å². The normalized spacial score (nSPS) is 11.1. The van der Waals surface area contributed by atoms with Gasteiger partial charge in [0.15, 0.2) is 5.82 Å². The quantitative estimate of drug-likeness (QED) is 0.767. The number of halogens is 2. The monoisotopic (exact) mass is 305 g/mol.